The van der Waals surface area contributed by atoms with E-state index in [1.807, 2.05) is 0 Å². The van der Waals surface area contributed by atoms with Crippen LogP contribution in [0.2, 0.25) is 13.1 Å². The minimum absolute atomic E-state index is 0.249. The van der Waals surface area contributed by atoms with Crippen molar-refractivity contribution in [3.63, 3.8) is 0 Å². The molecule has 0 amide bonds. The normalized spacial score (nSPS) is 13.3. The van der Waals surface area contributed by atoms with Crippen LogP contribution in [0.3, 0.4) is 0 Å². The molecule has 1 aliphatic heterocycles. The molecule has 1 aliphatic rings. The molecule has 0 spiro atoms. The highest BCUT2D eigenvalue weighted by Crippen LogP contribution is 2.40. The van der Waals surface area contributed by atoms with Gasteiger partial charge in [-0.1, -0.05) is 129 Å². The van der Waals surface area contributed by atoms with E-state index in [1.54, 1.807) is 0 Å². The highest BCUT2D eigenvalue weighted by atomic mass is 28.3. The van der Waals surface area contributed by atoms with Gasteiger partial charge in [-0.25, -0.2) is 0 Å². The third-order valence-corrected chi connectivity index (χ3v) is 13.7. The third-order valence-electron chi connectivity index (χ3n) is 10.2. The lowest BCUT2D eigenvalue weighted by Crippen LogP contribution is -2.49. The molecule has 7 aromatic rings. The van der Waals surface area contributed by atoms with Gasteiger partial charge in [-0.2, -0.15) is 0 Å². The lowest BCUT2D eigenvalue weighted by atomic mass is 9.92. The monoisotopic (exact) mass is 648 g/mol. The first-order valence-electron chi connectivity index (χ1n) is 17.2. The summed E-state index contributed by atoms with van der Waals surface area (Å²) in [5.41, 5.74) is 12.3. The molecule has 2 nitrogen and oxygen atoms in total. The lowest BCUT2D eigenvalue weighted by molar-refractivity contribution is 0.922. The zero-order valence-corrected chi connectivity index (χ0v) is 29.3. The minimum atomic E-state index is -1.72. The van der Waals surface area contributed by atoms with Crippen molar-refractivity contribution in [3.8, 4) is 11.1 Å². The van der Waals surface area contributed by atoms with Gasteiger partial charge in [0.15, 0.2) is 0 Å². The second-order valence-electron chi connectivity index (χ2n) is 13.5. The van der Waals surface area contributed by atoms with Crippen molar-refractivity contribution in [2.45, 2.75) is 25.9 Å². The van der Waals surface area contributed by atoms with Crippen LogP contribution in [-0.2, 0) is 0 Å². The average molecular weight is 649 g/mol. The van der Waals surface area contributed by atoms with Crippen LogP contribution >= 0.6 is 0 Å². The van der Waals surface area contributed by atoms with Crippen molar-refractivity contribution >= 4 is 52.6 Å². The molecular formula is C46H40N2Si. The topological polar surface area (TPSA) is 6.48 Å². The Morgan fingerprint density at radius 2 is 0.735 bits per heavy atom. The van der Waals surface area contributed by atoms with E-state index in [9.17, 15) is 0 Å². The van der Waals surface area contributed by atoms with Gasteiger partial charge >= 0.3 is 0 Å². The summed E-state index contributed by atoms with van der Waals surface area (Å²) >= 11 is 0. The smallest absolute Gasteiger partial charge is 0.113 e. The van der Waals surface area contributed by atoms with Crippen LogP contribution in [0.15, 0.2) is 182 Å². The van der Waals surface area contributed by atoms with Gasteiger partial charge in [0, 0.05) is 40.0 Å². The SMILES string of the molecule is CC(c1ccc(N(c2ccccc2)c2ccccc2)cc1)c1ccc(N(c2ccccc2)c2ccc3c(c2)-c2ccccc2[Si]3(C)C)cc1. The summed E-state index contributed by atoms with van der Waals surface area (Å²) in [7, 11) is -1.72. The fourth-order valence-corrected chi connectivity index (χ4v) is 10.6. The van der Waals surface area contributed by atoms with E-state index in [2.05, 4.69) is 212 Å². The molecule has 0 aromatic heterocycles. The molecule has 238 valence electrons. The van der Waals surface area contributed by atoms with E-state index in [0.717, 1.165) is 28.4 Å². The number of fused-ring (bicyclic) bond motifs is 3. The van der Waals surface area contributed by atoms with Crippen molar-refractivity contribution in [2.75, 3.05) is 9.80 Å². The van der Waals surface area contributed by atoms with Gasteiger partial charge in [0.1, 0.15) is 8.07 Å². The van der Waals surface area contributed by atoms with Crippen LogP contribution in [0.5, 0.6) is 0 Å². The molecule has 1 atom stereocenters. The maximum absolute atomic E-state index is 2.47. The summed E-state index contributed by atoms with van der Waals surface area (Å²) in [5, 5.41) is 3.06. The fraction of sp³-hybridized carbons (Fsp3) is 0.0870. The Kier molecular flexibility index (Phi) is 7.99. The second-order valence-corrected chi connectivity index (χ2v) is 17.8. The Labute approximate surface area is 291 Å². The fourth-order valence-electron chi connectivity index (χ4n) is 7.49. The number of nitrogens with zero attached hydrogens (tertiary/aromatic N) is 2. The van der Waals surface area contributed by atoms with Crippen molar-refractivity contribution in [2.24, 2.45) is 0 Å². The van der Waals surface area contributed by atoms with Crippen LogP contribution < -0.4 is 20.2 Å². The van der Waals surface area contributed by atoms with E-state index in [-0.39, 0.29) is 5.92 Å². The molecule has 0 bridgehead atoms. The summed E-state index contributed by atoms with van der Waals surface area (Å²) in [6.07, 6.45) is 0. The Bertz CT molecular complexity index is 2150. The van der Waals surface area contributed by atoms with Gasteiger partial charge in [-0.05, 0) is 105 Å². The van der Waals surface area contributed by atoms with E-state index in [0.29, 0.717) is 0 Å². The molecule has 0 saturated heterocycles. The van der Waals surface area contributed by atoms with Crippen molar-refractivity contribution in [3.05, 3.63) is 193 Å². The lowest BCUT2D eigenvalue weighted by Gasteiger charge is -2.27. The first kappa shape index (κ1) is 30.7. The maximum atomic E-state index is 2.47. The number of rotatable bonds is 8. The maximum Gasteiger partial charge on any atom is 0.113 e. The molecule has 1 heterocycles. The molecule has 0 aliphatic carbocycles. The van der Waals surface area contributed by atoms with E-state index >= 15 is 0 Å². The van der Waals surface area contributed by atoms with Gasteiger partial charge in [0.2, 0.25) is 0 Å². The summed E-state index contributed by atoms with van der Waals surface area (Å²) in [5.74, 6) is 0.249. The quantitative estimate of drug-likeness (QED) is 0.151. The predicted octanol–water partition coefficient (Wildman–Crippen LogP) is 11.6. The van der Waals surface area contributed by atoms with Gasteiger partial charge in [0.05, 0.1) is 0 Å². The number of anilines is 6. The molecule has 49 heavy (non-hydrogen) atoms. The highest BCUT2D eigenvalue weighted by Gasteiger charge is 2.37. The summed E-state index contributed by atoms with van der Waals surface area (Å²) < 4.78 is 0. The molecule has 7 aromatic carbocycles. The molecule has 1 unspecified atom stereocenters. The van der Waals surface area contributed by atoms with Crippen molar-refractivity contribution < 1.29 is 0 Å². The molecule has 8 rings (SSSR count). The third kappa shape index (κ3) is 5.66. The largest absolute Gasteiger partial charge is 0.311 e. The zero-order valence-electron chi connectivity index (χ0n) is 28.3. The number of benzene rings is 7. The Balaban J connectivity index is 1.10. The molecule has 3 heteroatoms. The zero-order chi connectivity index (χ0) is 33.4. The Morgan fingerprint density at radius 3 is 1.22 bits per heavy atom. The second kappa shape index (κ2) is 12.8. The van der Waals surface area contributed by atoms with Crippen LogP contribution in [0.4, 0.5) is 34.1 Å². The van der Waals surface area contributed by atoms with Crippen LogP contribution in [0.25, 0.3) is 11.1 Å². The van der Waals surface area contributed by atoms with Crippen molar-refractivity contribution in [1.82, 2.24) is 0 Å². The minimum Gasteiger partial charge on any atom is -0.311 e. The Morgan fingerprint density at radius 1 is 0.367 bits per heavy atom. The van der Waals surface area contributed by atoms with E-state index in [1.165, 1.54) is 38.3 Å². The van der Waals surface area contributed by atoms with Crippen LogP contribution in [0, 0.1) is 0 Å². The summed E-state index contributed by atoms with van der Waals surface area (Å²) in [6, 6.07) is 66.2. The molecule has 0 N–H and O–H groups in total. The van der Waals surface area contributed by atoms with Gasteiger partial charge in [0.25, 0.3) is 0 Å². The first-order chi connectivity index (χ1) is 24.0. The van der Waals surface area contributed by atoms with E-state index in [4.69, 9.17) is 0 Å². The average Bonchev–Trinajstić information content (AvgIpc) is 3.39. The summed E-state index contributed by atoms with van der Waals surface area (Å²) in [4.78, 5) is 4.70. The van der Waals surface area contributed by atoms with Crippen LogP contribution in [0.1, 0.15) is 24.0 Å². The predicted molar refractivity (Wildman–Crippen MR) is 212 cm³/mol. The highest BCUT2D eigenvalue weighted by molar-refractivity contribution is 7.03. The molecule has 0 fully saturated rings. The number of para-hydroxylation sites is 3. The number of hydrogen-bond acceptors (Lipinski definition) is 2. The Hall–Kier alpha value is -5.64. The number of hydrogen-bond donors (Lipinski definition) is 0. The molecular weight excluding hydrogens is 609 g/mol. The first-order valence-corrected chi connectivity index (χ1v) is 20.2. The summed E-state index contributed by atoms with van der Waals surface area (Å²) in [6.45, 7) is 7.25. The van der Waals surface area contributed by atoms with Gasteiger partial charge in [-0.15, -0.1) is 0 Å². The van der Waals surface area contributed by atoms with Crippen LogP contribution in [-0.4, -0.2) is 8.07 Å². The standard InChI is InChI=1S/C46H40N2Si/c1-34(35-23-27-40(28-24-35)47(37-15-7-4-8-16-37)38-17-9-5-10-18-38)36-25-29-41(30-26-36)48(39-19-11-6-12-20-39)42-31-32-46-44(33-42)43-21-13-14-22-45(43)49(46,2)3/h4-34H,1-3H3. The molecule has 0 radical (unpaired) electrons. The van der Waals surface area contributed by atoms with E-state index < -0.39 is 8.07 Å². The van der Waals surface area contributed by atoms with Gasteiger partial charge < -0.3 is 9.80 Å². The molecule has 0 saturated carbocycles. The van der Waals surface area contributed by atoms with Crippen molar-refractivity contribution in [1.29, 1.82) is 0 Å². The van der Waals surface area contributed by atoms with Gasteiger partial charge in [-0.3, -0.25) is 0 Å².